The van der Waals surface area contributed by atoms with Crippen molar-refractivity contribution in [2.45, 2.75) is 0 Å². The molecule has 0 radical (unpaired) electrons. The van der Waals surface area contributed by atoms with Crippen LogP contribution >= 0.6 is 0 Å². The van der Waals surface area contributed by atoms with Crippen LogP contribution in [0.1, 0.15) is 11.1 Å². The zero-order chi connectivity index (χ0) is 33.0. The van der Waals surface area contributed by atoms with Crippen LogP contribution < -0.4 is 0 Å². The lowest BCUT2D eigenvalue weighted by atomic mass is 9.83. The lowest BCUT2D eigenvalue weighted by molar-refractivity contribution is 1.67. The highest BCUT2D eigenvalue weighted by atomic mass is 14.2. The second kappa shape index (κ2) is 11.6. The van der Waals surface area contributed by atoms with E-state index in [2.05, 4.69) is 194 Å². The average molecular weight is 633 g/mol. The molecule has 0 bridgehead atoms. The SMILES string of the molecule is C(=Cc1ccc2cc(-c3c4ccccc4c(-c4c5ccccc5cc5ccccc45)c4ccccc34)ccc2c1)c1ccc2ccccc2c1. The van der Waals surface area contributed by atoms with Gasteiger partial charge in [-0.05, 0) is 122 Å². The molecular formula is C50H32. The van der Waals surface area contributed by atoms with Gasteiger partial charge in [-0.25, -0.2) is 0 Å². The molecule has 0 spiro atoms. The van der Waals surface area contributed by atoms with Gasteiger partial charge < -0.3 is 0 Å². The van der Waals surface area contributed by atoms with Crippen molar-refractivity contribution in [3.8, 4) is 22.3 Å². The highest BCUT2D eigenvalue weighted by molar-refractivity contribution is 6.27. The number of benzene rings is 10. The summed E-state index contributed by atoms with van der Waals surface area (Å²) in [6.07, 6.45) is 4.43. The molecule has 0 aliphatic carbocycles. The molecule has 0 heterocycles. The van der Waals surface area contributed by atoms with Crippen LogP contribution in [0.5, 0.6) is 0 Å². The molecule has 0 saturated carbocycles. The van der Waals surface area contributed by atoms with Crippen LogP contribution in [0.3, 0.4) is 0 Å². The third-order valence-electron chi connectivity index (χ3n) is 10.3. The molecule has 0 aliphatic rings. The molecule has 0 amide bonds. The molecular weight excluding hydrogens is 601 g/mol. The zero-order valence-electron chi connectivity index (χ0n) is 27.5. The van der Waals surface area contributed by atoms with Crippen molar-refractivity contribution in [1.29, 1.82) is 0 Å². The second-order valence-electron chi connectivity index (χ2n) is 13.3. The van der Waals surface area contributed by atoms with Crippen molar-refractivity contribution in [3.05, 3.63) is 193 Å². The second-order valence-corrected chi connectivity index (χ2v) is 13.3. The monoisotopic (exact) mass is 632 g/mol. The fourth-order valence-electron chi connectivity index (χ4n) is 8.02. The summed E-state index contributed by atoms with van der Waals surface area (Å²) in [4.78, 5) is 0. The molecule has 10 rings (SSSR count). The Kier molecular flexibility index (Phi) is 6.60. The van der Waals surface area contributed by atoms with Crippen LogP contribution in [0.15, 0.2) is 182 Å². The topological polar surface area (TPSA) is 0 Å². The Morgan fingerprint density at radius 3 is 1.20 bits per heavy atom. The summed E-state index contributed by atoms with van der Waals surface area (Å²) in [5, 5.41) is 15.2. The fourth-order valence-corrected chi connectivity index (χ4v) is 8.02. The summed E-state index contributed by atoms with van der Waals surface area (Å²) in [6.45, 7) is 0. The number of fused-ring (bicyclic) bond motifs is 6. The minimum atomic E-state index is 1.20. The van der Waals surface area contributed by atoms with E-state index in [1.54, 1.807) is 0 Å². The van der Waals surface area contributed by atoms with E-state index in [1.807, 2.05) is 0 Å². The third-order valence-corrected chi connectivity index (χ3v) is 10.3. The summed E-state index contributed by atoms with van der Waals surface area (Å²) in [7, 11) is 0. The first-order chi connectivity index (χ1) is 24.8. The normalized spacial score (nSPS) is 11.9. The van der Waals surface area contributed by atoms with Gasteiger partial charge in [-0.3, -0.25) is 0 Å². The quantitative estimate of drug-likeness (QED) is 0.134. The number of hydrogen-bond acceptors (Lipinski definition) is 0. The minimum Gasteiger partial charge on any atom is -0.0616 e. The van der Waals surface area contributed by atoms with Crippen LogP contribution in [0.2, 0.25) is 0 Å². The van der Waals surface area contributed by atoms with E-state index >= 15 is 0 Å². The Morgan fingerprint density at radius 2 is 0.620 bits per heavy atom. The first-order valence-corrected chi connectivity index (χ1v) is 17.3. The Bertz CT molecular complexity index is 2870. The van der Waals surface area contributed by atoms with Crippen LogP contribution in [0.25, 0.3) is 99.0 Å². The molecule has 0 unspecified atom stereocenters. The Balaban J connectivity index is 1.14. The molecule has 0 N–H and O–H groups in total. The molecule has 0 nitrogen and oxygen atoms in total. The maximum Gasteiger partial charge on any atom is -0.00139 e. The maximum absolute atomic E-state index is 2.37. The summed E-state index contributed by atoms with van der Waals surface area (Å²) < 4.78 is 0. The molecule has 232 valence electrons. The smallest absolute Gasteiger partial charge is 0.00139 e. The van der Waals surface area contributed by atoms with Crippen LogP contribution in [-0.2, 0) is 0 Å². The van der Waals surface area contributed by atoms with E-state index in [4.69, 9.17) is 0 Å². The van der Waals surface area contributed by atoms with Crippen molar-refractivity contribution in [3.63, 3.8) is 0 Å². The van der Waals surface area contributed by atoms with Crippen molar-refractivity contribution in [2.24, 2.45) is 0 Å². The first kappa shape index (κ1) is 28.5. The van der Waals surface area contributed by atoms with Crippen molar-refractivity contribution < 1.29 is 0 Å². The van der Waals surface area contributed by atoms with Crippen molar-refractivity contribution >= 4 is 76.8 Å². The van der Waals surface area contributed by atoms with Gasteiger partial charge in [0.25, 0.3) is 0 Å². The summed E-state index contributed by atoms with van der Waals surface area (Å²) in [5.74, 6) is 0. The third kappa shape index (κ3) is 4.69. The van der Waals surface area contributed by atoms with Gasteiger partial charge in [-0.15, -0.1) is 0 Å². The Hall–Kier alpha value is -6.50. The maximum atomic E-state index is 2.37. The Morgan fingerprint density at radius 1 is 0.240 bits per heavy atom. The molecule has 0 aliphatic heterocycles. The van der Waals surface area contributed by atoms with E-state index in [9.17, 15) is 0 Å². The number of rotatable bonds is 4. The Labute approximate surface area is 291 Å². The zero-order valence-corrected chi connectivity index (χ0v) is 27.5. The molecule has 50 heavy (non-hydrogen) atoms. The lowest BCUT2D eigenvalue weighted by Crippen LogP contribution is -1.93. The molecule has 0 saturated heterocycles. The van der Waals surface area contributed by atoms with Crippen molar-refractivity contribution in [1.82, 2.24) is 0 Å². The lowest BCUT2D eigenvalue weighted by Gasteiger charge is -2.20. The highest BCUT2D eigenvalue weighted by Gasteiger charge is 2.20. The van der Waals surface area contributed by atoms with Gasteiger partial charge in [-0.2, -0.15) is 0 Å². The largest absolute Gasteiger partial charge is 0.0616 e. The molecule has 0 atom stereocenters. The summed E-state index contributed by atoms with van der Waals surface area (Å²) in [5.41, 5.74) is 7.53. The van der Waals surface area contributed by atoms with Gasteiger partial charge in [0.2, 0.25) is 0 Å². The van der Waals surface area contributed by atoms with E-state index in [0.717, 1.165) is 0 Å². The van der Waals surface area contributed by atoms with Gasteiger partial charge in [0, 0.05) is 0 Å². The van der Waals surface area contributed by atoms with Crippen LogP contribution in [0, 0.1) is 0 Å². The fraction of sp³-hybridized carbons (Fsp3) is 0. The van der Waals surface area contributed by atoms with Gasteiger partial charge in [0.05, 0.1) is 0 Å². The molecule has 0 heteroatoms. The minimum absolute atomic E-state index is 1.20. The van der Waals surface area contributed by atoms with Crippen LogP contribution in [0.4, 0.5) is 0 Å². The highest BCUT2D eigenvalue weighted by Crippen LogP contribution is 2.47. The molecule has 10 aromatic rings. The standard InChI is InChI=1S/C50H32/c1-2-12-36-29-33(23-25-35(36)11-1)21-22-34-24-26-38-31-41(28-27-37(38)30-34)48-44-17-7-9-19-46(44)50(47-20-10-8-18-45(47)48)49-42-15-5-3-13-39(42)32-40-14-4-6-16-43(40)49/h1-32H. The number of hydrogen-bond donors (Lipinski definition) is 0. The van der Waals surface area contributed by atoms with E-state index in [-0.39, 0.29) is 0 Å². The molecule has 0 fully saturated rings. The first-order valence-electron chi connectivity index (χ1n) is 17.3. The van der Waals surface area contributed by atoms with E-state index < -0.39 is 0 Å². The predicted molar refractivity (Wildman–Crippen MR) is 218 cm³/mol. The van der Waals surface area contributed by atoms with Gasteiger partial charge in [0.15, 0.2) is 0 Å². The van der Waals surface area contributed by atoms with E-state index in [0.29, 0.717) is 0 Å². The predicted octanol–water partition coefficient (Wildman–Crippen LogP) is 14.1. The summed E-state index contributed by atoms with van der Waals surface area (Å²) >= 11 is 0. The summed E-state index contributed by atoms with van der Waals surface area (Å²) in [6, 6.07) is 66.9. The van der Waals surface area contributed by atoms with Crippen molar-refractivity contribution in [2.75, 3.05) is 0 Å². The molecule has 0 aromatic heterocycles. The van der Waals surface area contributed by atoms with Crippen LogP contribution in [-0.4, -0.2) is 0 Å². The molecule has 10 aromatic carbocycles. The average Bonchev–Trinajstić information content (AvgIpc) is 3.18. The van der Waals surface area contributed by atoms with Gasteiger partial charge in [0.1, 0.15) is 0 Å². The van der Waals surface area contributed by atoms with Gasteiger partial charge in [-0.1, -0.05) is 170 Å². The van der Waals surface area contributed by atoms with Gasteiger partial charge >= 0.3 is 0 Å². The van der Waals surface area contributed by atoms with E-state index in [1.165, 1.54) is 98.0 Å².